The zero-order chi connectivity index (χ0) is 18.0. The van der Waals surface area contributed by atoms with Crippen molar-refractivity contribution in [1.82, 2.24) is 10.3 Å². The van der Waals surface area contributed by atoms with Crippen molar-refractivity contribution in [1.29, 1.82) is 0 Å². The van der Waals surface area contributed by atoms with Crippen LogP contribution >= 0.6 is 22.7 Å². The van der Waals surface area contributed by atoms with Gasteiger partial charge in [-0.2, -0.15) is 0 Å². The van der Waals surface area contributed by atoms with E-state index in [9.17, 15) is 9.59 Å². The number of thiophene rings is 1. The highest BCUT2D eigenvalue weighted by molar-refractivity contribution is 7.18. The molecule has 1 aliphatic rings. The van der Waals surface area contributed by atoms with Crippen molar-refractivity contribution >= 4 is 39.6 Å². The van der Waals surface area contributed by atoms with Gasteiger partial charge in [0, 0.05) is 28.6 Å². The highest BCUT2D eigenvalue weighted by atomic mass is 32.1. The molecule has 0 spiro atoms. The monoisotopic (exact) mass is 378 g/mol. The number of hydrogen-bond acceptors (Lipinski definition) is 6. The molecule has 1 aliphatic carbocycles. The number of anilines is 1. The Morgan fingerprint density at radius 3 is 2.80 bits per heavy atom. The molecule has 25 heavy (non-hydrogen) atoms. The minimum Gasteiger partial charge on any atom is -0.351 e. The lowest BCUT2D eigenvalue weighted by atomic mass is 10.1. The van der Waals surface area contributed by atoms with Gasteiger partial charge in [-0.3, -0.25) is 9.59 Å². The lowest BCUT2D eigenvalue weighted by Crippen LogP contribution is -2.23. The maximum absolute atomic E-state index is 12.3. The molecular weight excluding hydrogens is 356 g/mol. The minimum absolute atomic E-state index is 0.00588. The standard InChI is InChI=1S/C17H22N4O2S2/c1-9-15(14-6-5-13(25-14)8-19-10(2)22)20-17(24-9)21-16(23)11-3-4-12(18)7-11/h5-6,11-12H,3-4,7-8,18H2,1-2H3,(H,19,22)(H,20,21,23). The van der Waals surface area contributed by atoms with Gasteiger partial charge in [0.1, 0.15) is 0 Å². The van der Waals surface area contributed by atoms with Crippen LogP contribution in [-0.2, 0) is 16.1 Å². The van der Waals surface area contributed by atoms with Crippen molar-refractivity contribution < 1.29 is 9.59 Å². The maximum atomic E-state index is 12.3. The van der Waals surface area contributed by atoms with Gasteiger partial charge in [0.25, 0.3) is 0 Å². The Kier molecular flexibility index (Phi) is 5.51. The Morgan fingerprint density at radius 2 is 2.12 bits per heavy atom. The number of rotatable bonds is 5. The summed E-state index contributed by atoms with van der Waals surface area (Å²) >= 11 is 3.09. The molecule has 0 aromatic carbocycles. The highest BCUT2D eigenvalue weighted by Gasteiger charge is 2.28. The van der Waals surface area contributed by atoms with Crippen molar-refractivity contribution in [3.63, 3.8) is 0 Å². The first-order valence-electron chi connectivity index (χ1n) is 8.29. The van der Waals surface area contributed by atoms with E-state index in [1.165, 1.54) is 18.3 Å². The fourth-order valence-electron chi connectivity index (χ4n) is 2.95. The summed E-state index contributed by atoms with van der Waals surface area (Å²) in [5.74, 6) is -0.0316. The molecule has 2 heterocycles. The van der Waals surface area contributed by atoms with Crippen LogP contribution < -0.4 is 16.4 Å². The number of amides is 2. The molecule has 3 rings (SSSR count). The van der Waals surface area contributed by atoms with Gasteiger partial charge in [-0.15, -0.1) is 22.7 Å². The fraction of sp³-hybridized carbons (Fsp3) is 0.471. The van der Waals surface area contributed by atoms with Crippen LogP contribution in [-0.4, -0.2) is 22.8 Å². The van der Waals surface area contributed by atoms with Crippen LogP contribution in [0.5, 0.6) is 0 Å². The molecule has 8 heteroatoms. The van der Waals surface area contributed by atoms with Crippen LogP contribution in [0.25, 0.3) is 10.6 Å². The molecular formula is C17H22N4O2S2. The Morgan fingerprint density at radius 1 is 1.32 bits per heavy atom. The maximum Gasteiger partial charge on any atom is 0.229 e. The van der Waals surface area contributed by atoms with E-state index in [0.717, 1.165) is 39.6 Å². The van der Waals surface area contributed by atoms with Gasteiger partial charge in [0.05, 0.1) is 17.1 Å². The summed E-state index contributed by atoms with van der Waals surface area (Å²) in [5.41, 5.74) is 6.78. The number of nitrogens with zero attached hydrogens (tertiary/aromatic N) is 1. The van der Waals surface area contributed by atoms with E-state index in [0.29, 0.717) is 11.7 Å². The number of carbonyl (C=O) groups excluding carboxylic acids is 2. The molecule has 0 saturated heterocycles. The first-order chi connectivity index (χ1) is 11.9. The second-order valence-electron chi connectivity index (χ2n) is 6.36. The van der Waals surface area contributed by atoms with Crippen molar-refractivity contribution in [2.45, 2.75) is 45.7 Å². The SMILES string of the molecule is CC(=O)NCc1ccc(-c2nc(NC(=O)C3CCC(N)C3)sc2C)s1. The third-order valence-corrected chi connectivity index (χ3v) is 6.26. The van der Waals surface area contributed by atoms with Crippen LogP contribution in [0.3, 0.4) is 0 Å². The van der Waals surface area contributed by atoms with Crippen molar-refractivity contribution in [3.05, 3.63) is 21.9 Å². The van der Waals surface area contributed by atoms with Gasteiger partial charge in [0.15, 0.2) is 5.13 Å². The Balaban J connectivity index is 1.68. The quantitative estimate of drug-likeness (QED) is 0.745. The normalized spacial score (nSPS) is 19.8. The number of nitrogens with two attached hydrogens (primary N) is 1. The number of thiazole rings is 1. The number of carbonyl (C=O) groups is 2. The summed E-state index contributed by atoms with van der Waals surface area (Å²) in [6.45, 7) is 4.03. The summed E-state index contributed by atoms with van der Waals surface area (Å²) in [6.07, 6.45) is 2.51. The number of aryl methyl sites for hydroxylation is 1. The topological polar surface area (TPSA) is 97.1 Å². The number of aromatic nitrogens is 1. The van der Waals surface area contributed by atoms with E-state index in [2.05, 4.69) is 15.6 Å². The predicted octanol–water partition coefficient (Wildman–Crippen LogP) is 2.88. The molecule has 0 bridgehead atoms. The largest absolute Gasteiger partial charge is 0.351 e. The van der Waals surface area contributed by atoms with Crippen molar-refractivity contribution in [2.75, 3.05) is 5.32 Å². The molecule has 2 atom stereocenters. The Bertz CT molecular complexity index is 783. The smallest absolute Gasteiger partial charge is 0.229 e. The van der Waals surface area contributed by atoms with Gasteiger partial charge in [-0.1, -0.05) is 0 Å². The van der Waals surface area contributed by atoms with Gasteiger partial charge < -0.3 is 16.4 Å². The summed E-state index contributed by atoms with van der Waals surface area (Å²) in [4.78, 5) is 31.1. The molecule has 1 saturated carbocycles. The molecule has 2 aromatic heterocycles. The van der Waals surface area contributed by atoms with E-state index in [4.69, 9.17) is 5.73 Å². The third-order valence-electron chi connectivity index (χ3n) is 4.28. The third kappa shape index (κ3) is 4.45. The molecule has 134 valence electrons. The predicted molar refractivity (Wildman–Crippen MR) is 102 cm³/mol. The van der Waals surface area contributed by atoms with E-state index in [1.807, 2.05) is 19.1 Å². The lowest BCUT2D eigenvalue weighted by Gasteiger charge is -2.08. The summed E-state index contributed by atoms with van der Waals surface area (Å²) in [5, 5.41) is 6.37. The van der Waals surface area contributed by atoms with Crippen molar-refractivity contribution in [2.24, 2.45) is 11.7 Å². The molecule has 2 amide bonds. The van der Waals surface area contributed by atoms with Gasteiger partial charge in [0.2, 0.25) is 11.8 Å². The van der Waals surface area contributed by atoms with E-state index in [-0.39, 0.29) is 23.8 Å². The number of hydrogen-bond donors (Lipinski definition) is 3. The fourth-order valence-corrected chi connectivity index (χ4v) is 4.84. The van der Waals surface area contributed by atoms with Crippen LogP contribution in [0.4, 0.5) is 5.13 Å². The molecule has 0 aliphatic heterocycles. The Hall–Kier alpha value is -1.77. The Labute approximate surface area is 154 Å². The van der Waals surface area contributed by atoms with Crippen LogP contribution in [0, 0.1) is 12.8 Å². The first-order valence-corrected chi connectivity index (χ1v) is 9.93. The van der Waals surface area contributed by atoms with Crippen LogP contribution in [0.15, 0.2) is 12.1 Å². The van der Waals surface area contributed by atoms with Gasteiger partial charge in [-0.25, -0.2) is 4.98 Å². The zero-order valence-corrected chi connectivity index (χ0v) is 15.9. The molecule has 4 N–H and O–H groups in total. The van der Waals surface area contributed by atoms with Gasteiger partial charge in [-0.05, 0) is 38.3 Å². The van der Waals surface area contributed by atoms with Crippen LogP contribution in [0.1, 0.15) is 35.9 Å². The summed E-state index contributed by atoms with van der Waals surface area (Å²) in [6, 6.07) is 4.13. The molecule has 1 fully saturated rings. The minimum atomic E-state index is -0.0450. The molecule has 2 unspecified atom stereocenters. The average Bonchev–Trinajstić information content (AvgIpc) is 3.25. The van der Waals surface area contributed by atoms with Crippen LogP contribution in [0.2, 0.25) is 0 Å². The first kappa shape index (κ1) is 18.0. The zero-order valence-electron chi connectivity index (χ0n) is 14.3. The molecule has 6 nitrogen and oxygen atoms in total. The highest BCUT2D eigenvalue weighted by Crippen LogP contribution is 2.35. The van der Waals surface area contributed by atoms with Gasteiger partial charge >= 0.3 is 0 Å². The summed E-state index contributed by atoms with van der Waals surface area (Å²) < 4.78 is 0. The number of nitrogens with one attached hydrogen (secondary N) is 2. The second-order valence-corrected chi connectivity index (χ2v) is 8.73. The van der Waals surface area contributed by atoms with E-state index >= 15 is 0 Å². The molecule has 0 radical (unpaired) electrons. The average molecular weight is 379 g/mol. The summed E-state index contributed by atoms with van der Waals surface area (Å²) in [7, 11) is 0. The second kappa shape index (κ2) is 7.63. The van der Waals surface area contributed by atoms with E-state index in [1.54, 1.807) is 11.3 Å². The van der Waals surface area contributed by atoms with E-state index < -0.39 is 0 Å². The lowest BCUT2D eigenvalue weighted by molar-refractivity contribution is -0.120. The molecule has 2 aromatic rings. The van der Waals surface area contributed by atoms with Crippen molar-refractivity contribution in [3.8, 4) is 10.6 Å².